The van der Waals surface area contributed by atoms with Crippen molar-refractivity contribution in [2.75, 3.05) is 0 Å². The van der Waals surface area contributed by atoms with Gasteiger partial charge in [-0.15, -0.1) is 0 Å². The number of aromatic nitrogens is 1. The third-order valence-corrected chi connectivity index (χ3v) is 3.85. The second-order valence-electron chi connectivity index (χ2n) is 6.01. The summed E-state index contributed by atoms with van der Waals surface area (Å²) in [4.78, 5) is 4.73. The van der Waals surface area contributed by atoms with Crippen LogP contribution < -0.4 is 0 Å². The molecule has 0 saturated heterocycles. The molecule has 0 spiro atoms. The predicted molar refractivity (Wildman–Crippen MR) is 107 cm³/mol. The summed E-state index contributed by atoms with van der Waals surface area (Å²) >= 11 is 0. The van der Waals surface area contributed by atoms with E-state index in [2.05, 4.69) is 12.1 Å². The minimum absolute atomic E-state index is 0.621. The molecular weight excluding hydrogens is 381 g/mol. The topological polar surface area (TPSA) is 24.2 Å². The summed E-state index contributed by atoms with van der Waals surface area (Å²) in [6.45, 7) is 0. The molecule has 29 heavy (non-hydrogen) atoms. The highest BCUT2D eigenvalue weighted by Crippen LogP contribution is 2.29. The molecule has 2 nitrogen and oxygen atoms in total. The SMILES string of the molecule is F[B-](F)(F)F.c1ccc(-c2cc(-c3ccccc3)[o+]c(-c3ccccc3)n2)cc1. The van der Waals surface area contributed by atoms with E-state index in [0.717, 1.165) is 28.1 Å². The van der Waals surface area contributed by atoms with Gasteiger partial charge in [0.15, 0.2) is 0 Å². The molecule has 0 radical (unpaired) electrons. The third-order valence-electron chi connectivity index (χ3n) is 3.85. The molecule has 1 aromatic heterocycles. The highest BCUT2D eigenvalue weighted by Gasteiger charge is 2.22. The van der Waals surface area contributed by atoms with Gasteiger partial charge in [-0.1, -0.05) is 66.7 Å². The lowest BCUT2D eigenvalue weighted by Crippen LogP contribution is -2.02. The number of hydrogen-bond acceptors (Lipinski definition) is 1. The molecule has 1 heterocycles. The van der Waals surface area contributed by atoms with Gasteiger partial charge >= 0.3 is 18.9 Å². The van der Waals surface area contributed by atoms with Crippen LogP contribution in [0.3, 0.4) is 0 Å². The van der Waals surface area contributed by atoms with Gasteiger partial charge in [0, 0.05) is 5.56 Å². The van der Waals surface area contributed by atoms with Crippen molar-refractivity contribution in [2.24, 2.45) is 0 Å². The molecule has 146 valence electrons. The normalized spacial score (nSPS) is 10.8. The van der Waals surface area contributed by atoms with E-state index >= 15 is 0 Å². The molecule has 0 saturated carbocycles. The second-order valence-corrected chi connectivity index (χ2v) is 6.01. The number of hydrogen-bond donors (Lipinski definition) is 0. The van der Waals surface area contributed by atoms with Crippen LogP contribution in [0.15, 0.2) is 101 Å². The lowest BCUT2D eigenvalue weighted by molar-refractivity contribution is 0.368. The average Bonchev–Trinajstić information content (AvgIpc) is 2.74. The molecule has 0 bridgehead atoms. The average molecular weight is 397 g/mol. The van der Waals surface area contributed by atoms with Gasteiger partial charge in [-0.25, -0.2) is 0 Å². The van der Waals surface area contributed by atoms with E-state index in [4.69, 9.17) is 9.40 Å². The minimum Gasteiger partial charge on any atom is -0.418 e. The zero-order chi connectivity index (χ0) is 20.7. The summed E-state index contributed by atoms with van der Waals surface area (Å²) in [6.07, 6.45) is 0. The van der Waals surface area contributed by atoms with E-state index in [-0.39, 0.29) is 0 Å². The Labute approximate surface area is 165 Å². The minimum atomic E-state index is -6.00. The first-order chi connectivity index (χ1) is 13.9. The van der Waals surface area contributed by atoms with Crippen molar-refractivity contribution in [3.8, 4) is 34.0 Å². The Balaban J connectivity index is 0.000000431. The largest absolute Gasteiger partial charge is 0.673 e. The summed E-state index contributed by atoms with van der Waals surface area (Å²) in [6, 6.07) is 32.3. The Kier molecular flexibility index (Phi) is 6.39. The number of halogens is 4. The summed E-state index contributed by atoms with van der Waals surface area (Å²) in [5.41, 5.74) is 3.98. The Morgan fingerprint density at radius 3 is 1.48 bits per heavy atom. The van der Waals surface area contributed by atoms with Crippen molar-refractivity contribution < 1.29 is 21.7 Å². The van der Waals surface area contributed by atoms with E-state index in [9.17, 15) is 17.3 Å². The van der Waals surface area contributed by atoms with Crippen LogP contribution >= 0.6 is 0 Å². The Hall–Kier alpha value is -3.48. The monoisotopic (exact) mass is 397 g/mol. The molecule has 0 aliphatic carbocycles. The standard InChI is InChI=1S/C22H16NO.BF4/c1-4-10-17(11-5-1)20-16-21(18-12-6-2-7-13-18)24-22(23-20)19-14-8-3-9-15-19;2-1(3,4)5/h1-16H;/q+1;-1. The molecule has 0 aliphatic rings. The Bertz CT molecular complexity index is 897. The van der Waals surface area contributed by atoms with Crippen LogP contribution in [0.5, 0.6) is 0 Å². The van der Waals surface area contributed by atoms with E-state index in [1.807, 2.05) is 84.9 Å². The van der Waals surface area contributed by atoms with E-state index in [0.29, 0.717) is 5.89 Å². The van der Waals surface area contributed by atoms with Crippen LogP contribution in [0.2, 0.25) is 0 Å². The summed E-state index contributed by atoms with van der Waals surface area (Å²) < 4.78 is 45.1. The van der Waals surface area contributed by atoms with Gasteiger partial charge in [-0.05, 0) is 24.3 Å². The maximum atomic E-state index is 9.75. The van der Waals surface area contributed by atoms with Gasteiger partial charge in [-0.3, -0.25) is 0 Å². The van der Waals surface area contributed by atoms with Crippen LogP contribution in [0, 0.1) is 0 Å². The molecule has 0 amide bonds. The predicted octanol–water partition coefficient (Wildman–Crippen LogP) is 7.26. The number of nitrogens with zero attached hydrogens (tertiary/aromatic N) is 1. The molecule has 0 atom stereocenters. The maximum Gasteiger partial charge on any atom is 0.673 e. The van der Waals surface area contributed by atoms with Gasteiger partial charge in [0.05, 0.1) is 17.3 Å². The van der Waals surface area contributed by atoms with Crippen LogP contribution in [0.1, 0.15) is 0 Å². The van der Waals surface area contributed by atoms with Crippen LogP contribution in [-0.2, 0) is 0 Å². The van der Waals surface area contributed by atoms with Gasteiger partial charge < -0.3 is 17.3 Å². The molecule has 0 N–H and O–H groups in total. The van der Waals surface area contributed by atoms with Crippen molar-refractivity contribution in [3.63, 3.8) is 0 Å². The molecular formula is C22H16BF4NO. The molecule has 3 aromatic carbocycles. The zero-order valence-electron chi connectivity index (χ0n) is 15.2. The van der Waals surface area contributed by atoms with E-state index in [1.54, 1.807) is 0 Å². The lowest BCUT2D eigenvalue weighted by Gasteiger charge is -2.00. The molecule has 4 rings (SSSR count). The van der Waals surface area contributed by atoms with Crippen LogP contribution in [0.4, 0.5) is 17.3 Å². The first-order valence-electron chi connectivity index (χ1n) is 8.79. The highest BCUT2D eigenvalue weighted by atomic mass is 19.5. The highest BCUT2D eigenvalue weighted by molar-refractivity contribution is 6.50. The quantitative estimate of drug-likeness (QED) is 0.206. The van der Waals surface area contributed by atoms with Gasteiger partial charge in [0.2, 0.25) is 0 Å². The molecule has 7 heteroatoms. The van der Waals surface area contributed by atoms with Gasteiger partial charge in [-0.2, -0.15) is 9.40 Å². The molecule has 0 aliphatic heterocycles. The zero-order valence-corrected chi connectivity index (χ0v) is 15.2. The Morgan fingerprint density at radius 1 is 0.586 bits per heavy atom. The first kappa shape index (κ1) is 20.3. The third kappa shape index (κ3) is 6.28. The smallest absolute Gasteiger partial charge is 0.418 e. The van der Waals surface area contributed by atoms with E-state index in [1.165, 1.54) is 0 Å². The van der Waals surface area contributed by atoms with Crippen molar-refractivity contribution in [2.45, 2.75) is 0 Å². The fourth-order valence-electron chi connectivity index (χ4n) is 2.63. The van der Waals surface area contributed by atoms with Gasteiger partial charge in [0.25, 0.3) is 0 Å². The van der Waals surface area contributed by atoms with Gasteiger partial charge in [0.1, 0.15) is 5.56 Å². The summed E-state index contributed by atoms with van der Waals surface area (Å²) in [7, 11) is -6.00. The first-order valence-corrected chi connectivity index (χ1v) is 8.79. The molecule has 4 aromatic rings. The Morgan fingerprint density at radius 2 is 1.00 bits per heavy atom. The molecule has 0 unspecified atom stereocenters. The number of rotatable bonds is 3. The lowest BCUT2D eigenvalue weighted by atomic mass is 10.1. The van der Waals surface area contributed by atoms with Crippen molar-refractivity contribution in [1.29, 1.82) is 0 Å². The summed E-state index contributed by atoms with van der Waals surface area (Å²) in [5.74, 6) is 1.43. The summed E-state index contributed by atoms with van der Waals surface area (Å²) in [5, 5.41) is 0. The van der Waals surface area contributed by atoms with Crippen LogP contribution in [-0.4, -0.2) is 12.2 Å². The maximum absolute atomic E-state index is 9.75. The second kappa shape index (κ2) is 9.14. The van der Waals surface area contributed by atoms with Crippen molar-refractivity contribution in [3.05, 3.63) is 97.1 Å². The number of benzene rings is 3. The fourth-order valence-corrected chi connectivity index (χ4v) is 2.63. The molecule has 0 fully saturated rings. The van der Waals surface area contributed by atoms with Crippen molar-refractivity contribution >= 4 is 7.25 Å². The van der Waals surface area contributed by atoms with E-state index < -0.39 is 7.25 Å². The van der Waals surface area contributed by atoms with Crippen LogP contribution in [0.25, 0.3) is 34.0 Å². The van der Waals surface area contributed by atoms with Crippen molar-refractivity contribution in [1.82, 2.24) is 4.98 Å². The fraction of sp³-hybridized carbons (Fsp3) is 0.